The first-order valence-electron chi connectivity index (χ1n) is 9.14. The number of fused-ring (bicyclic) bond motifs is 3. The predicted octanol–water partition coefficient (Wildman–Crippen LogP) is 3.98. The predicted molar refractivity (Wildman–Crippen MR) is 112 cm³/mol. The summed E-state index contributed by atoms with van der Waals surface area (Å²) in [4.78, 5) is 31.0. The van der Waals surface area contributed by atoms with Crippen molar-refractivity contribution in [2.75, 3.05) is 14.2 Å². The Balaban J connectivity index is 1.90. The first-order chi connectivity index (χ1) is 14.5. The molecular formula is C22H15ClN4O3. The van der Waals surface area contributed by atoms with E-state index in [1.807, 2.05) is 36.4 Å². The van der Waals surface area contributed by atoms with Crippen molar-refractivity contribution in [3.63, 3.8) is 0 Å². The second kappa shape index (κ2) is 6.67. The van der Waals surface area contributed by atoms with E-state index in [4.69, 9.17) is 21.4 Å². The lowest BCUT2D eigenvalue weighted by Crippen LogP contribution is -2.24. The van der Waals surface area contributed by atoms with Crippen LogP contribution in [0.15, 0.2) is 54.7 Å². The van der Waals surface area contributed by atoms with Gasteiger partial charge in [-0.15, -0.1) is 0 Å². The molecule has 3 heterocycles. The van der Waals surface area contributed by atoms with Crippen LogP contribution in [0.5, 0.6) is 5.75 Å². The lowest BCUT2D eigenvalue weighted by molar-refractivity contribution is 0.0693. The number of carbonyl (C=O) groups is 2. The number of rotatable bonds is 3. The van der Waals surface area contributed by atoms with Crippen molar-refractivity contribution in [3.05, 3.63) is 70.9 Å². The van der Waals surface area contributed by atoms with Crippen LogP contribution >= 0.6 is 11.6 Å². The molecule has 0 radical (unpaired) electrons. The smallest absolute Gasteiger partial charge is 0.262 e. The van der Waals surface area contributed by atoms with Crippen molar-refractivity contribution >= 4 is 34.4 Å². The lowest BCUT2D eigenvalue weighted by atomic mass is 10.0. The molecule has 8 heteroatoms. The molecule has 0 saturated heterocycles. The van der Waals surface area contributed by atoms with E-state index in [0.29, 0.717) is 38.8 Å². The minimum atomic E-state index is -0.378. The number of benzene rings is 2. The van der Waals surface area contributed by atoms with Gasteiger partial charge in [0.25, 0.3) is 11.8 Å². The highest BCUT2D eigenvalue weighted by Gasteiger charge is 2.37. The third kappa shape index (κ3) is 2.52. The van der Waals surface area contributed by atoms with Crippen LogP contribution in [0, 0.1) is 0 Å². The largest absolute Gasteiger partial charge is 0.494 e. The Kier molecular flexibility index (Phi) is 4.08. The monoisotopic (exact) mass is 418 g/mol. The molecule has 4 aromatic rings. The molecule has 0 fully saturated rings. The summed E-state index contributed by atoms with van der Waals surface area (Å²) < 4.78 is 7.13. The molecule has 0 atom stereocenters. The number of halogens is 1. The van der Waals surface area contributed by atoms with Gasteiger partial charge in [0.1, 0.15) is 17.1 Å². The Hall–Kier alpha value is -3.71. The van der Waals surface area contributed by atoms with Gasteiger partial charge in [0.05, 0.1) is 23.6 Å². The normalized spacial score (nSPS) is 13.2. The minimum Gasteiger partial charge on any atom is -0.494 e. The van der Waals surface area contributed by atoms with E-state index in [1.54, 1.807) is 23.9 Å². The first-order valence-corrected chi connectivity index (χ1v) is 9.52. The van der Waals surface area contributed by atoms with Gasteiger partial charge in [-0.25, -0.2) is 9.67 Å². The molecule has 5 rings (SSSR count). The SMILES string of the molecule is COc1ccccc1-n1nc(-c2ccc(Cl)cc2)c2c3c(cnc21)C(=O)N(C)C3=O. The summed E-state index contributed by atoms with van der Waals surface area (Å²) in [7, 11) is 3.04. The van der Waals surface area contributed by atoms with Gasteiger partial charge in [0.2, 0.25) is 0 Å². The minimum absolute atomic E-state index is 0.268. The number of hydrogen-bond donors (Lipinski definition) is 0. The van der Waals surface area contributed by atoms with Crippen LogP contribution < -0.4 is 4.74 Å². The Bertz CT molecular complexity index is 1340. The third-order valence-corrected chi connectivity index (χ3v) is 5.43. The Morgan fingerprint density at radius 3 is 2.47 bits per heavy atom. The van der Waals surface area contributed by atoms with E-state index in [1.165, 1.54) is 13.2 Å². The summed E-state index contributed by atoms with van der Waals surface area (Å²) in [6, 6.07) is 14.5. The van der Waals surface area contributed by atoms with Crippen molar-refractivity contribution in [1.29, 1.82) is 0 Å². The Labute approximate surface area is 176 Å². The van der Waals surface area contributed by atoms with Crippen LogP contribution in [0.3, 0.4) is 0 Å². The van der Waals surface area contributed by atoms with Crippen LogP contribution in [0.25, 0.3) is 28.0 Å². The maximum absolute atomic E-state index is 12.9. The molecule has 1 aliphatic heterocycles. The van der Waals surface area contributed by atoms with Crippen LogP contribution in [0.1, 0.15) is 20.7 Å². The summed E-state index contributed by atoms with van der Waals surface area (Å²) in [6.45, 7) is 0. The Morgan fingerprint density at radius 1 is 1.00 bits per heavy atom. The lowest BCUT2D eigenvalue weighted by Gasteiger charge is -2.08. The molecule has 0 N–H and O–H groups in total. The molecule has 0 bridgehead atoms. The topological polar surface area (TPSA) is 77.3 Å². The highest BCUT2D eigenvalue weighted by atomic mass is 35.5. The molecule has 7 nitrogen and oxygen atoms in total. The van der Waals surface area contributed by atoms with Crippen molar-refractivity contribution in [3.8, 4) is 22.7 Å². The summed E-state index contributed by atoms with van der Waals surface area (Å²) in [5.41, 5.74) is 2.99. The van der Waals surface area contributed by atoms with Crippen molar-refractivity contribution in [2.24, 2.45) is 0 Å². The number of amides is 2. The number of ether oxygens (including phenoxy) is 1. The highest BCUT2D eigenvalue weighted by molar-refractivity contribution is 6.30. The maximum Gasteiger partial charge on any atom is 0.262 e. The fourth-order valence-corrected chi connectivity index (χ4v) is 3.82. The zero-order valence-electron chi connectivity index (χ0n) is 16.1. The fraction of sp³-hybridized carbons (Fsp3) is 0.0909. The van der Waals surface area contributed by atoms with Gasteiger partial charge in [0, 0.05) is 23.8 Å². The van der Waals surface area contributed by atoms with Crippen LogP contribution in [-0.2, 0) is 0 Å². The zero-order chi connectivity index (χ0) is 21.0. The Morgan fingerprint density at radius 2 is 1.73 bits per heavy atom. The van der Waals surface area contributed by atoms with Crippen molar-refractivity contribution < 1.29 is 14.3 Å². The average molecular weight is 419 g/mol. The number of hydrogen-bond acceptors (Lipinski definition) is 5. The molecule has 0 aliphatic carbocycles. The molecule has 0 unspecified atom stereocenters. The molecule has 148 valence electrons. The quantitative estimate of drug-likeness (QED) is 0.470. The first kappa shape index (κ1) is 18.3. The number of imide groups is 1. The van der Waals surface area contributed by atoms with E-state index in [0.717, 1.165) is 10.5 Å². The molecule has 1 aliphatic rings. The van der Waals surface area contributed by atoms with E-state index < -0.39 is 0 Å². The van der Waals surface area contributed by atoms with Crippen LogP contribution in [0.4, 0.5) is 0 Å². The highest BCUT2D eigenvalue weighted by Crippen LogP contribution is 2.37. The van der Waals surface area contributed by atoms with Crippen LogP contribution in [-0.4, -0.2) is 45.6 Å². The summed E-state index contributed by atoms with van der Waals surface area (Å²) in [5, 5.41) is 5.88. The van der Waals surface area contributed by atoms with Gasteiger partial charge in [0.15, 0.2) is 5.65 Å². The van der Waals surface area contributed by atoms with Crippen molar-refractivity contribution in [2.45, 2.75) is 0 Å². The number of aromatic nitrogens is 3. The van der Waals surface area contributed by atoms with Crippen LogP contribution in [0.2, 0.25) is 5.02 Å². The number of pyridine rings is 1. The summed E-state index contributed by atoms with van der Waals surface area (Å²) in [5.74, 6) is -0.153. The van der Waals surface area contributed by atoms with Gasteiger partial charge < -0.3 is 4.74 Å². The molecule has 2 amide bonds. The van der Waals surface area contributed by atoms with E-state index >= 15 is 0 Å². The molecule has 2 aromatic carbocycles. The average Bonchev–Trinajstić information content (AvgIpc) is 3.26. The summed E-state index contributed by atoms with van der Waals surface area (Å²) >= 11 is 6.05. The number of methoxy groups -OCH3 is 1. The van der Waals surface area contributed by atoms with Gasteiger partial charge in [-0.1, -0.05) is 35.9 Å². The molecule has 0 saturated carbocycles. The second-order valence-corrected chi connectivity index (χ2v) is 7.29. The van der Waals surface area contributed by atoms with E-state index in [9.17, 15) is 9.59 Å². The fourth-order valence-electron chi connectivity index (χ4n) is 3.69. The number of para-hydroxylation sites is 2. The maximum atomic E-state index is 12.9. The van der Waals surface area contributed by atoms with E-state index in [-0.39, 0.29) is 17.4 Å². The van der Waals surface area contributed by atoms with Crippen molar-refractivity contribution in [1.82, 2.24) is 19.7 Å². The van der Waals surface area contributed by atoms with Gasteiger partial charge in [-0.2, -0.15) is 5.10 Å². The third-order valence-electron chi connectivity index (χ3n) is 5.18. The number of nitrogens with zero attached hydrogens (tertiary/aromatic N) is 4. The second-order valence-electron chi connectivity index (χ2n) is 6.85. The zero-order valence-corrected chi connectivity index (χ0v) is 16.8. The molecule has 2 aromatic heterocycles. The molecular weight excluding hydrogens is 404 g/mol. The van der Waals surface area contributed by atoms with Gasteiger partial charge in [-0.3, -0.25) is 14.5 Å². The van der Waals surface area contributed by atoms with Gasteiger partial charge in [-0.05, 0) is 24.3 Å². The van der Waals surface area contributed by atoms with E-state index in [2.05, 4.69) is 4.98 Å². The van der Waals surface area contributed by atoms with Gasteiger partial charge >= 0.3 is 0 Å². The number of carbonyl (C=O) groups excluding carboxylic acids is 2. The molecule has 0 spiro atoms. The standard InChI is InChI=1S/C22H15ClN4O3/c1-26-21(28)14-11-24-20-18(17(14)22(26)29)19(12-7-9-13(23)10-8-12)25-27(20)15-5-3-4-6-16(15)30-2/h3-11H,1-2H3. The molecule has 30 heavy (non-hydrogen) atoms. The summed E-state index contributed by atoms with van der Waals surface area (Å²) in [6.07, 6.45) is 1.43.